The average molecular weight is 382 g/mol. The molecule has 0 atom stereocenters. The molecule has 2 aromatic heterocycles. The van der Waals surface area contributed by atoms with Crippen LogP contribution in [0.3, 0.4) is 0 Å². The van der Waals surface area contributed by atoms with Crippen LogP contribution >= 0.6 is 0 Å². The number of hydrogen-bond donors (Lipinski definition) is 2. The minimum absolute atomic E-state index is 0.0645. The molecule has 0 aliphatic rings. The quantitative estimate of drug-likeness (QED) is 0.542. The summed E-state index contributed by atoms with van der Waals surface area (Å²) >= 11 is 0. The van der Waals surface area contributed by atoms with Crippen molar-refractivity contribution in [3.05, 3.63) is 54.4 Å². The predicted octanol–water partition coefficient (Wildman–Crippen LogP) is 1.59. The molecule has 3 rings (SSSR count). The van der Waals surface area contributed by atoms with Crippen molar-refractivity contribution >= 4 is 11.7 Å². The number of anilines is 1. The number of rotatable bonds is 9. The number of hydrogen-bond acceptors (Lipinski definition) is 7. The second-order valence-electron chi connectivity index (χ2n) is 5.92. The first-order chi connectivity index (χ1) is 13.6. The fraction of sp³-hybridized carbons (Fsp3) is 0.263. The minimum Gasteiger partial charge on any atom is -0.497 e. The third-order valence-electron chi connectivity index (χ3n) is 3.77. The zero-order valence-electron chi connectivity index (χ0n) is 15.8. The molecular weight excluding hydrogens is 360 g/mol. The van der Waals surface area contributed by atoms with E-state index in [4.69, 9.17) is 9.47 Å². The summed E-state index contributed by atoms with van der Waals surface area (Å²) in [5.41, 5.74) is 0.912. The molecule has 0 spiro atoms. The molecule has 0 bridgehead atoms. The zero-order chi connectivity index (χ0) is 19.8. The lowest BCUT2D eigenvalue weighted by molar-refractivity contribution is -0.123. The van der Waals surface area contributed by atoms with Gasteiger partial charge < -0.3 is 20.1 Å². The number of nitrogens with zero attached hydrogens (tertiary/aromatic N) is 4. The van der Waals surface area contributed by atoms with Crippen molar-refractivity contribution in [2.45, 2.75) is 6.92 Å². The Balaban J connectivity index is 1.36. The molecule has 3 aromatic rings. The van der Waals surface area contributed by atoms with Crippen LogP contribution in [0.1, 0.15) is 5.69 Å². The second kappa shape index (κ2) is 9.36. The first-order valence-electron chi connectivity index (χ1n) is 8.78. The maximum absolute atomic E-state index is 11.9. The number of nitrogens with one attached hydrogen (secondary N) is 2. The summed E-state index contributed by atoms with van der Waals surface area (Å²) in [6, 6.07) is 12.6. The van der Waals surface area contributed by atoms with Gasteiger partial charge in [0, 0.05) is 25.4 Å². The minimum atomic E-state index is -0.208. The highest BCUT2D eigenvalue weighted by atomic mass is 16.5. The van der Waals surface area contributed by atoms with Gasteiger partial charge in [-0.1, -0.05) is 6.07 Å². The van der Waals surface area contributed by atoms with Crippen LogP contribution in [0.4, 0.5) is 5.82 Å². The normalized spacial score (nSPS) is 10.4. The molecule has 9 heteroatoms. The average Bonchev–Trinajstić information content (AvgIpc) is 3.16. The Hall–Kier alpha value is -3.62. The molecule has 0 aliphatic carbocycles. The standard InChI is InChI=1S/C19H22N6O3/c1-14-8-11-25(24-14)18-7-6-17(22-23-18)20-9-10-21-19(26)13-28-16-5-3-4-15(12-16)27-2/h3-8,11-12H,9-10,13H2,1-2H3,(H,20,22)(H,21,26). The highest BCUT2D eigenvalue weighted by Crippen LogP contribution is 2.18. The van der Waals surface area contributed by atoms with Gasteiger partial charge in [0.25, 0.3) is 5.91 Å². The van der Waals surface area contributed by atoms with E-state index < -0.39 is 0 Å². The molecule has 0 unspecified atom stereocenters. The van der Waals surface area contributed by atoms with Crippen molar-refractivity contribution in [3.63, 3.8) is 0 Å². The van der Waals surface area contributed by atoms with Crippen LogP contribution in [0, 0.1) is 6.92 Å². The Labute approximate surface area is 162 Å². The molecule has 0 aliphatic heterocycles. The Bertz CT molecular complexity index is 910. The molecule has 146 valence electrons. The molecule has 28 heavy (non-hydrogen) atoms. The third-order valence-corrected chi connectivity index (χ3v) is 3.77. The van der Waals surface area contributed by atoms with Crippen LogP contribution in [0.2, 0.25) is 0 Å². The molecular formula is C19H22N6O3. The van der Waals surface area contributed by atoms with Gasteiger partial charge in [0.2, 0.25) is 0 Å². The number of carbonyl (C=O) groups excluding carboxylic acids is 1. The number of aromatic nitrogens is 4. The fourth-order valence-electron chi connectivity index (χ4n) is 2.37. The van der Waals surface area contributed by atoms with E-state index in [2.05, 4.69) is 25.9 Å². The van der Waals surface area contributed by atoms with Crippen molar-refractivity contribution in [2.24, 2.45) is 0 Å². The summed E-state index contributed by atoms with van der Waals surface area (Å²) in [5, 5.41) is 18.4. The van der Waals surface area contributed by atoms with Crippen molar-refractivity contribution < 1.29 is 14.3 Å². The molecule has 1 amide bonds. The van der Waals surface area contributed by atoms with Crippen LogP contribution in [0.25, 0.3) is 5.82 Å². The van der Waals surface area contributed by atoms with E-state index in [1.807, 2.05) is 37.4 Å². The maximum atomic E-state index is 11.9. The van der Waals surface area contributed by atoms with Gasteiger partial charge in [-0.15, -0.1) is 10.2 Å². The second-order valence-corrected chi connectivity index (χ2v) is 5.92. The van der Waals surface area contributed by atoms with Crippen LogP contribution < -0.4 is 20.1 Å². The van der Waals surface area contributed by atoms with Gasteiger partial charge in [0.15, 0.2) is 12.4 Å². The molecule has 0 radical (unpaired) electrons. The molecule has 1 aromatic carbocycles. The number of aryl methyl sites for hydroxylation is 1. The smallest absolute Gasteiger partial charge is 0.258 e. The Morgan fingerprint density at radius 2 is 1.96 bits per heavy atom. The monoisotopic (exact) mass is 382 g/mol. The Morgan fingerprint density at radius 3 is 2.68 bits per heavy atom. The summed E-state index contributed by atoms with van der Waals surface area (Å²) in [7, 11) is 1.58. The number of amides is 1. The van der Waals surface area contributed by atoms with E-state index in [-0.39, 0.29) is 12.5 Å². The number of methoxy groups -OCH3 is 1. The van der Waals surface area contributed by atoms with E-state index in [0.717, 1.165) is 5.69 Å². The summed E-state index contributed by atoms with van der Waals surface area (Å²) in [5.74, 6) is 2.31. The lowest BCUT2D eigenvalue weighted by atomic mass is 10.3. The van der Waals surface area contributed by atoms with Gasteiger partial charge in [0.05, 0.1) is 12.8 Å². The summed E-state index contributed by atoms with van der Waals surface area (Å²) in [6.45, 7) is 2.79. The number of ether oxygens (including phenoxy) is 2. The van der Waals surface area contributed by atoms with Gasteiger partial charge in [-0.25, -0.2) is 4.68 Å². The van der Waals surface area contributed by atoms with E-state index in [1.165, 1.54) is 0 Å². The van der Waals surface area contributed by atoms with Gasteiger partial charge in [0.1, 0.15) is 17.3 Å². The molecule has 0 saturated carbocycles. The maximum Gasteiger partial charge on any atom is 0.258 e. The number of carbonyl (C=O) groups is 1. The van der Waals surface area contributed by atoms with Gasteiger partial charge in [-0.2, -0.15) is 5.10 Å². The lowest BCUT2D eigenvalue weighted by Crippen LogP contribution is -2.32. The molecule has 0 fully saturated rings. The lowest BCUT2D eigenvalue weighted by Gasteiger charge is -2.09. The van der Waals surface area contributed by atoms with Crippen molar-refractivity contribution in [3.8, 4) is 17.3 Å². The van der Waals surface area contributed by atoms with Gasteiger partial charge in [-0.3, -0.25) is 4.79 Å². The summed E-state index contributed by atoms with van der Waals surface area (Å²) in [6.07, 6.45) is 1.83. The van der Waals surface area contributed by atoms with Gasteiger partial charge >= 0.3 is 0 Å². The van der Waals surface area contributed by atoms with E-state index in [9.17, 15) is 4.79 Å². The van der Waals surface area contributed by atoms with E-state index in [1.54, 1.807) is 30.0 Å². The van der Waals surface area contributed by atoms with Crippen molar-refractivity contribution in [1.82, 2.24) is 25.3 Å². The molecule has 2 N–H and O–H groups in total. The van der Waals surface area contributed by atoms with Crippen molar-refractivity contribution in [1.29, 1.82) is 0 Å². The van der Waals surface area contributed by atoms with Crippen LogP contribution in [-0.2, 0) is 4.79 Å². The Morgan fingerprint density at radius 1 is 1.11 bits per heavy atom. The summed E-state index contributed by atoms with van der Waals surface area (Å²) in [4.78, 5) is 11.9. The topological polar surface area (TPSA) is 103 Å². The summed E-state index contributed by atoms with van der Waals surface area (Å²) < 4.78 is 12.2. The highest BCUT2D eigenvalue weighted by molar-refractivity contribution is 5.77. The first-order valence-corrected chi connectivity index (χ1v) is 8.78. The fourth-order valence-corrected chi connectivity index (χ4v) is 2.37. The molecule has 2 heterocycles. The van der Waals surface area contributed by atoms with Gasteiger partial charge in [-0.05, 0) is 37.3 Å². The third kappa shape index (κ3) is 5.44. The largest absolute Gasteiger partial charge is 0.497 e. The molecule has 0 saturated heterocycles. The number of benzene rings is 1. The van der Waals surface area contributed by atoms with Crippen LogP contribution in [0.15, 0.2) is 48.7 Å². The zero-order valence-corrected chi connectivity index (χ0v) is 15.8. The van der Waals surface area contributed by atoms with E-state index >= 15 is 0 Å². The molecule has 9 nitrogen and oxygen atoms in total. The highest BCUT2D eigenvalue weighted by Gasteiger charge is 2.04. The first kappa shape index (κ1) is 19.2. The predicted molar refractivity (Wildman–Crippen MR) is 104 cm³/mol. The van der Waals surface area contributed by atoms with E-state index in [0.29, 0.717) is 36.2 Å². The van der Waals surface area contributed by atoms with Crippen LogP contribution in [-0.4, -0.2) is 52.7 Å². The van der Waals surface area contributed by atoms with Crippen molar-refractivity contribution in [2.75, 3.05) is 32.1 Å². The van der Waals surface area contributed by atoms with Crippen LogP contribution in [0.5, 0.6) is 11.5 Å². The Kier molecular flexibility index (Phi) is 6.40. The SMILES string of the molecule is COc1cccc(OCC(=O)NCCNc2ccc(-n3ccc(C)n3)nn2)c1.